The van der Waals surface area contributed by atoms with E-state index in [1.54, 1.807) is 14.0 Å². The molecule has 2 saturated heterocycles. The van der Waals surface area contributed by atoms with Crippen LogP contribution in [-0.4, -0.2) is 96.4 Å². The monoisotopic (exact) mass is 546 g/mol. The summed E-state index contributed by atoms with van der Waals surface area (Å²) in [6.07, 6.45) is -3.91. The van der Waals surface area contributed by atoms with E-state index in [0.29, 0.717) is 12.1 Å². The zero-order valence-electron chi connectivity index (χ0n) is 20.7. The molecular formula is C22H34N4O10S. The zero-order valence-corrected chi connectivity index (χ0v) is 21.5. The SMILES string of the molecule is CC[C@@H]1[C@H](O)[C@H](NC)[C@H]2O[C@]3(O)[C@H](O[C@@H]2[C@H]1O)O[C@H](C)C[C@H]3NC(=O)Cc1ccc(OS(N)(=O)=O)cn1. The average Bonchev–Trinajstić information content (AvgIpc) is 2.80. The minimum atomic E-state index is -4.20. The summed E-state index contributed by atoms with van der Waals surface area (Å²) >= 11 is 0. The lowest BCUT2D eigenvalue weighted by Crippen LogP contribution is -2.77. The van der Waals surface area contributed by atoms with Crippen molar-refractivity contribution in [3.63, 3.8) is 0 Å². The second-order valence-electron chi connectivity index (χ2n) is 9.68. The first-order valence-electron chi connectivity index (χ1n) is 12.1. The lowest BCUT2D eigenvalue weighted by Gasteiger charge is -2.58. The lowest BCUT2D eigenvalue weighted by atomic mass is 9.74. The average molecular weight is 547 g/mol. The van der Waals surface area contributed by atoms with Gasteiger partial charge in [0.15, 0.2) is 5.75 Å². The van der Waals surface area contributed by atoms with E-state index in [0.717, 1.165) is 6.20 Å². The van der Waals surface area contributed by atoms with Crippen molar-refractivity contribution in [2.45, 2.75) is 87.8 Å². The Morgan fingerprint density at radius 3 is 2.59 bits per heavy atom. The van der Waals surface area contributed by atoms with Gasteiger partial charge >= 0.3 is 10.3 Å². The summed E-state index contributed by atoms with van der Waals surface area (Å²) in [5.41, 5.74) is 0.308. The van der Waals surface area contributed by atoms with E-state index >= 15 is 0 Å². The molecule has 3 heterocycles. The number of likely N-dealkylation sites (N-methyl/N-ethyl adjacent to an activating group) is 1. The van der Waals surface area contributed by atoms with Crippen molar-refractivity contribution in [3.05, 3.63) is 24.0 Å². The van der Waals surface area contributed by atoms with Crippen LogP contribution in [0.3, 0.4) is 0 Å². The van der Waals surface area contributed by atoms with Gasteiger partial charge in [-0.3, -0.25) is 9.78 Å². The fourth-order valence-electron chi connectivity index (χ4n) is 5.35. The number of hydrogen-bond donors (Lipinski definition) is 6. The number of aliphatic hydroxyl groups excluding tert-OH is 2. The Morgan fingerprint density at radius 1 is 1.27 bits per heavy atom. The third-order valence-corrected chi connectivity index (χ3v) is 7.54. The summed E-state index contributed by atoms with van der Waals surface area (Å²) in [5, 5.41) is 43.9. The fraction of sp³-hybridized carbons (Fsp3) is 0.727. The molecule has 1 aromatic heterocycles. The van der Waals surface area contributed by atoms with E-state index in [4.69, 9.17) is 19.3 Å². The number of amides is 1. The topological polar surface area (TPSA) is 212 Å². The number of nitrogens with zero attached hydrogens (tertiary/aromatic N) is 1. The van der Waals surface area contributed by atoms with Crippen LogP contribution in [0.1, 0.15) is 32.4 Å². The Kier molecular flexibility index (Phi) is 8.09. The molecule has 0 spiro atoms. The number of pyridine rings is 1. The third-order valence-electron chi connectivity index (χ3n) is 7.12. The minimum Gasteiger partial charge on any atom is -0.391 e. The van der Waals surface area contributed by atoms with Crippen LogP contribution in [-0.2, 0) is 35.7 Å². The maximum Gasteiger partial charge on any atom is 0.380 e. The molecule has 0 bridgehead atoms. The van der Waals surface area contributed by atoms with Gasteiger partial charge < -0.3 is 44.3 Å². The number of fused-ring (bicyclic) bond motifs is 2. The Bertz CT molecular complexity index is 1080. The van der Waals surface area contributed by atoms with Crippen LogP contribution < -0.4 is 20.0 Å². The second kappa shape index (κ2) is 10.7. The number of aliphatic hydroxyl groups is 3. The van der Waals surface area contributed by atoms with Gasteiger partial charge in [-0.25, -0.2) is 0 Å². The van der Waals surface area contributed by atoms with E-state index in [9.17, 15) is 28.5 Å². The first kappa shape index (κ1) is 28.1. The van der Waals surface area contributed by atoms with Crippen LogP contribution in [0.2, 0.25) is 0 Å². The number of nitrogens with two attached hydrogens (primary N) is 1. The molecule has 3 aliphatic rings. The number of carbonyl (C=O) groups is 1. The number of carbonyl (C=O) groups excluding carboxylic acids is 1. The van der Waals surface area contributed by atoms with E-state index in [-0.39, 0.29) is 18.6 Å². The predicted octanol–water partition coefficient (Wildman–Crippen LogP) is -2.35. The number of aromatic nitrogens is 1. The summed E-state index contributed by atoms with van der Waals surface area (Å²) in [6.45, 7) is 3.61. The van der Waals surface area contributed by atoms with Crippen molar-refractivity contribution < 1.29 is 46.9 Å². The molecule has 1 aromatic rings. The largest absolute Gasteiger partial charge is 0.391 e. The highest BCUT2D eigenvalue weighted by Gasteiger charge is 2.63. The molecule has 0 unspecified atom stereocenters. The van der Waals surface area contributed by atoms with Crippen molar-refractivity contribution in [3.8, 4) is 5.75 Å². The van der Waals surface area contributed by atoms with Crippen molar-refractivity contribution in [1.82, 2.24) is 15.6 Å². The second-order valence-corrected chi connectivity index (χ2v) is 10.8. The highest BCUT2D eigenvalue weighted by atomic mass is 32.2. The zero-order chi connectivity index (χ0) is 27.1. The number of rotatable bonds is 7. The molecule has 37 heavy (non-hydrogen) atoms. The van der Waals surface area contributed by atoms with Gasteiger partial charge in [0.2, 0.25) is 18.0 Å². The maximum atomic E-state index is 12.9. The quantitative estimate of drug-likeness (QED) is 0.212. The number of nitrogens with one attached hydrogen (secondary N) is 2. The van der Waals surface area contributed by atoms with Crippen LogP contribution in [0, 0.1) is 5.92 Å². The molecule has 14 nitrogen and oxygen atoms in total. The molecule has 1 saturated carbocycles. The minimum absolute atomic E-state index is 0.106. The van der Waals surface area contributed by atoms with Gasteiger partial charge in [-0.1, -0.05) is 6.92 Å². The third kappa shape index (κ3) is 5.74. The van der Waals surface area contributed by atoms with Gasteiger partial charge in [-0.15, -0.1) is 0 Å². The van der Waals surface area contributed by atoms with Gasteiger partial charge in [0.05, 0.1) is 43.0 Å². The van der Waals surface area contributed by atoms with Crippen LogP contribution in [0.5, 0.6) is 5.75 Å². The van der Waals surface area contributed by atoms with Gasteiger partial charge in [0, 0.05) is 11.6 Å². The standard InChI is InChI=1S/C22H34N4O10S/c1-4-13-17(28)16(24-3)19-20(18(13)29)34-21-22(30,35-19)14(7-10(2)33-21)26-15(27)8-11-5-6-12(9-25-11)36-37(23,31)32/h5-6,9-10,13-14,16-21,24,28-30H,4,7-8H2,1-3H3,(H,26,27)(H2,23,31,32)/t10-,13-,14-,16+,17+,18+,19-,20-,21+,22+/m1/s1. The Hall–Kier alpha value is -1.95. The van der Waals surface area contributed by atoms with Gasteiger partial charge in [0.1, 0.15) is 12.2 Å². The molecule has 0 radical (unpaired) electrons. The fourth-order valence-corrected chi connectivity index (χ4v) is 5.72. The first-order chi connectivity index (χ1) is 17.4. The molecule has 2 aliphatic heterocycles. The predicted molar refractivity (Wildman–Crippen MR) is 126 cm³/mol. The highest BCUT2D eigenvalue weighted by molar-refractivity contribution is 7.84. The van der Waals surface area contributed by atoms with Crippen LogP contribution in [0.25, 0.3) is 0 Å². The van der Waals surface area contributed by atoms with Crippen molar-refractivity contribution in [2.24, 2.45) is 11.1 Å². The Balaban J connectivity index is 1.49. The van der Waals surface area contributed by atoms with Crippen LogP contribution in [0.4, 0.5) is 0 Å². The molecule has 4 rings (SSSR count). The molecule has 15 heteroatoms. The van der Waals surface area contributed by atoms with Crippen molar-refractivity contribution in [1.29, 1.82) is 0 Å². The number of ether oxygens (including phenoxy) is 3. The summed E-state index contributed by atoms with van der Waals surface area (Å²) in [5.74, 6) is -3.17. The Labute approximate surface area is 214 Å². The smallest absolute Gasteiger partial charge is 0.380 e. The molecule has 3 fully saturated rings. The summed E-state index contributed by atoms with van der Waals surface area (Å²) in [4.78, 5) is 16.9. The van der Waals surface area contributed by atoms with E-state index in [1.165, 1.54) is 12.1 Å². The summed E-state index contributed by atoms with van der Waals surface area (Å²) < 4.78 is 44.5. The summed E-state index contributed by atoms with van der Waals surface area (Å²) in [6, 6.07) is 1.11. The highest BCUT2D eigenvalue weighted by Crippen LogP contribution is 2.43. The molecular weight excluding hydrogens is 512 g/mol. The van der Waals surface area contributed by atoms with Gasteiger partial charge in [-0.2, -0.15) is 13.6 Å². The lowest BCUT2D eigenvalue weighted by molar-refractivity contribution is -0.450. The molecule has 10 atom stereocenters. The van der Waals surface area contributed by atoms with Crippen LogP contribution in [0.15, 0.2) is 18.3 Å². The summed E-state index contributed by atoms with van der Waals surface area (Å²) in [7, 11) is -2.56. The molecule has 1 amide bonds. The van der Waals surface area contributed by atoms with E-state index in [2.05, 4.69) is 19.8 Å². The van der Waals surface area contributed by atoms with E-state index < -0.39 is 76.8 Å². The van der Waals surface area contributed by atoms with Gasteiger partial charge in [0.25, 0.3) is 0 Å². The van der Waals surface area contributed by atoms with Crippen molar-refractivity contribution in [2.75, 3.05) is 7.05 Å². The Morgan fingerprint density at radius 2 is 2.00 bits per heavy atom. The first-order valence-corrected chi connectivity index (χ1v) is 13.5. The van der Waals surface area contributed by atoms with Crippen molar-refractivity contribution >= 4 is 16.2 Å². The number of hydrogen-bond acceptors (Lipinski definition) is 12. The molecule has 208 valence electrons. The van der Waals surface area contributed by atoms with E-state index in [1.807, 2.05) is 6.92 Å². The maximum absolute atomic E-state index is 12.9. The van der Waals surface area contributed by atoms with Crippen LogP contribution >= 0.6 is 0 Å². The molecule has 7 N–H and O–H groups in total. The molecule has 0 aromatic carbocycles. The normalized spacial score (nSPS) is 39.8. The van der Waals surface area contributed by atoms with Gasteiger partial charge in [-0.05, 0) is 38.9 Å². The molecule has 1 aliphatic carbocycles.